The van der Waals surface area contributed by atoms with Crippen molar-refractivity contribution in [1.82, 2.24) is 10.2 Å². The van der Waals surface area contributed by atoms with E-state index in [1.54, 1.807) is 0 Å². The molecular formula is C17H16ClN3O. The number of anilines is 1. The average molecular weight is 314 g/mol. The summed E-state index contributed by atoms with van der Waals surface area (Å²) in [4.78, 5) is 0. The largest absolute Gasteiger partial charge is 0.419 e. The molecule has 2 aromatic carbocycles. The Morgan fingerprint density at radius 2 is 1.86 bits per heavy atom. The highest BCUT2D eigenvalue weighted by Crippen LogP contribution is 2.28. The van der Waals surface area contributed by atoms with E-state index in [2.05, 4.69) is 21.6 Å². The van der Waals surface area contributed by atoms with E-state index in [4.69, 9.17) is 16.0 Å². The fraction of sp³-hybridized carbons (Fsp3) is 0.176. The van der Waals surface area contributed by atoms with Crippen LogP contribution in [-0.4, -0.2) is 10.2 Å². The summed E-state index contributed by atoms with van der Waals surface area (Å²) < 4.78 is 5.67. The number of halogens is 1. The molecule has 3 rings (SSSR count). The summed E-state index contributed by atoms with van der Waals surface area (Å²) in [6, 6.07) is 13.7. The van der Waals surface area contributed by atoms with Crippen molar-refractivity contribution in [2.24, 2.45) is 0 Å². The Morgan fingerprint density at radius 3 is 2.59 bits per heavy atom. The Morgan fingerprint density at radius 1 is 1.09 bits per heavy atom. The van der Waals surface area contributed by atoms with E-state index in [9.17, 15) is 0 Å². The predicted octanol–water partition coefficient (Wildman–Crippen LogP) is 4.62. The van der Waals surface area contributed by atoms with Gasteiger partial charge in [0.05, 0.1) is 17.3 Å². The van der Waals surface area contributed by atoms with Crippen LogP contribution in [0.5, 0.6) is 0 Å². The Balaban J connectivity index is 1.74. The molecule has 112 valence electrons. The van der Waals surface area contributed by atoms with Crippen molar-refractivity contribution in [3.05, 3.63) is 64.5 Å². The number of aryl methyl sites for hydroxylation is 2. The van der Waals surface area contributed by atoms with E-state index in [1.807, 2.05) is 50.2 Å². The van der Waals surface area contributed by atoms with Crippen molar-refractivity contribution in [3.63, 3.8) is 0 Å². The zero-order valence-electron chi connectivity index (χ0n) is 12.4. The first-order valence-electron chi connectivity index (χ1n) is 7.02. The predicted molar refractivity (Wildman–Crippen MR) is 88.0 cm³/mol. The highest BCUT2D eigenvalue weighted by Gasteiger charge is 2.10. The molecule has 0 spiro atoms. The van der Waals surface area contributed by atoms with Gasteiger partial charge >= 0.3 is 0 Å². The van der Waals surface area contributed by atoms with E-state index in [1.165, 1.54) is 0 Å². The van der Waals surface area contributed by atoms with Crippen LogP contribution in [0.4, 0.5) is 5.69 Å². The zero-order valence-corrected chi connectivity index (χ0v) is 13.2. The number of hydrogen-bond donors (Lipinski definition) is 1. The minimum Gasteiger partial charge on any atom is -0.419 e. The van der Waals surface area contributed by atoms with Crippen LogP contribution in [0.3, 0.4) is 0 Å². The van der Waals surface area contributed by atoms with Gasteiger partial charge in [0, 0.05) is 5.56 Å². The minimum atomic E-state index is 0.434. The van der Waals surface area contributed by atoms with Crippen LogP contribution in [-0.2, 0) is 6.54 Å². The van der Waals surface area contributed by atoms with E-state index >= 15 is 0 Å². The fourth-order valence-corrected chi connectivity index (χ4v) is 2.71. The molecular weight excluding hydrogens is 298 g/mol. The van der Waals surface area contributed by atoms with Gasteiger partial charge in [0.1, 0.15) is 0 Å². The van der Waals surface area contributed by atoms with Crippen molar-refractivity contribution in [3.8, 4) is 11.5 Å². The first-order chi connectivity index (χ1) is 10.6. The van der Waals surface area contributed by atoms with Crippen LogP contribution in [0.1, 0.15) is 17.0 Å². The molecule has 0 unspecified atom stereocenters. The standard InChI is InChI=1S/C17H16ClN3O/c1-11-8-12(2)16(14(18)9-11)19-10-15-20-21-17(22-15)13-6-4-3-5-7-13/h3-9,19H,10H2,1-2H3. The van der Waals surface area contributed by atoms with Crippen molar-refractivity contribution >= 4 is 17.3 Å². The molecule has 0 fully saturated rings. The third-order valence-electron chi connectivity index (χ3n) is 3.34. The number of rotatable bonds is 4. The summed E-state index contributed by atoms with van der Waals surface area (Å²) in [5.41, 5.74) is 4.03. The molecule has 0 saturated carbocycles. The number of hydrogen-bond acceptors (Lipinski definition) is 4. The lowest BCUT2D eigenvalue weighted by atomic mass is 10.1. The molecule has 0 aliphatic heterocycles. The van der Waals surface area contributed by atoms with Gasteiger partial charge in [-0.15, -0.1) is 10.2 Å². The summed E-state index contributed by atoms with van der Waals surface area (Å²) in [5.74, 6) is 1.04. The van der Waals surface area contributed by atoms with E-state index in [0.29, 0.717) is 23.3 Å². The molecule has 0 bridgehead atoms. The summed E-state index contributed by atoms with van der Waals surface area (Å²) in [6.45, 7) is 4.47. The molecule has 4 nitrogen and oxygen atoms in total. The lowest BCUT2D eigenvalue weighted by molar-refractivity contribution is 0.515. The topological polar surface area (TPSA) is 51.0 Å². The van der Waals surface area contributed by atoms with Crippen LogP contribution in [0, 0.1) is 13.8 Å². The van der Waals surface area contributed by atoms with Gasteiger partial charge in [-0.05, 0) is 43.2 Å². The van der Waals surface area contributed by atoms with Gasteiger partial charge in [-0.25, -0.2) is 0 Å². The second kappa shape index (κ2) is 6.20. The van der Waals surface area contributed by atoms with Gasteiger partial charge in [-0.1, -0.05) is 35.9 Å². The second-order valence-corrected chi connectivity index (χ2v) is 5.57. The molecule has 0 amide bonds. The van der Waals surface area contributed by atoms with Crippen LogP contribution in [0.15, 0.2) is 46.9 Å². The van der Waals surface area contributed by atoms with Crippen molar-refractivity contribution in [2.75, 3.05) is 5.32 Å². The van der Waals surface area contributed by atoms with Crippen LogP contribution < -0.4 is 5.32 Å². The molecule has 0 aliphatic rings. The number of nitrogens with one attached hydrogen (secondary N) is 1. The molecule has 0 aliphatic carbocycles. The molecule has 1 N–H and O–H groups in total. The monoisotopic (exact) mass is 313 g/mol. The molecule has 3 aromatic rings. The first-order valence-corrected chi connectivity index (χ1v) is 7.39. The normalized spacial score (nSPS) is 10.7. The van der Waals surface area contributed by atoms with Gasteiger partial charge < -0.3 is 9.73 Å². The maximum absolute atomic E-state index is 6.27. The molecule has 1 aromatic heterocycles. The molecule has 5 heteroatoms. The van der Waals surface area contributed by atoms with Crippen molar-refractivity contribution in [2.45, 2.75) is 20.4 Å². The van der Waals surface area contributed by atoms with Gasteiger partial charge in [0.25, 0.3) is 0 Å². The van der Waals surface area contributed by atoms with Crippen LogP contribution >= 0.6 is 11.6 Å². The summed E-state index contributed by atoms with van der Waals surface area (Å²) in [6.07, 6.45) is 0. The van der Waals surface area contributed by atoms with E-state index in [-0.39, 0.29) is 0 Å². The van der Waals surface area contributed by atoms with E-state index in [0.717, 1.165) is 22.4 Å². The summed E-state index contributed by atoms with van der Waals surface area (Å²) >= 11 is 6.27. The molecule has 0 saturated heterocycles. The molecule has 1 heterocycles. The van der Waals surface area contributed by atoms with Crippen molar-refractivity contribution in [1.29, 1.82) is 0 Å². The molecule has 0 atom stereocenters. The average Bonchev–Trinajstić information content (AvgIpc) is 2.96. The third-order valence-corrected chi connectivity index (χ3v) is 3.63. The number of nitrogens with zero attached hydrogens (tertiary/aromatic N) is 2. The number of aromatic nitrogens is 2. The Bertz CT molecular complexity index is 761. The first kappa shape index (κ1) is 14.6. The maximum Gasteiger partial charge on any atom is 0.247 e. The Labute approximate surface area is 134 Å². The minimum absolute atomic E-state index is 0.434. The Hall–Kier alpha value is -2.33. The van der Waals surface area contributed by atoms with Crippen molar-refractivity contribution < 1.29 is 4.42 Å². The quantitative estimate of drug-likeness (QED) is 0.763. The van der Waals surface area contributed by atoms with Gasteiger partial charge in [0.15, 0.2) is 0 Å². The summed E-state index contributed by atoms with van der Waals surface area (Å²) in [7, 11) is 0. The number of benzene rings is 2. The van der Waals surface area contributed by atoms with E-state index < -0.39 is 0 Å². The van der Waals surface area contributed by atoms with Gasteiger partial charge in [0.2, 0.25) is 11.8 Å². The van der Waals surface area contributed by atoms with Crippen LogP contribution in [0.25, 0.3) is 11.5 Å². The molecule has 0 radical (unpaired) electrons. The zero-order chi connectivity index (χ0) is 15.5. The Kier molecular flexibility index (Phi) is 4.11. The van der Waals surface area contributed by atoms with Gasteiger partial charge in [-0.3, -0.25) is 0 Å². The smallest absolute Gasteiger partial charge is 0.247 e. The SMILES string of the molecule is Cc1cc(C)c(NCc2nnc(-c3ccccc3)o2)c(Cl)c1. The fourth-order valence-electron chi connectivity index (χ4n) is 2.33. The summed E-state index contributed by atoms with van der Waals surface area (Å²) in [5, 5.41) is 12.1. The lowest BCUT2D eigenvalue weighted by Gasteiger charge is -2.10. The maximum atomic E-state index is 6.27. The highest BCUT2D eigenvalue weighted by atomic mass is 35.5. The highest BCUT2D eigenvalue weighted by molar-refractivity contribution is 6.33. The van der Waals surface area contributed by atoms with Crippen LogP contribution in [0.2, 0.25) is 5.02 Å². The van der Waals surface area contributed by atoms with Gasteiger partial charge in [-0.2, -0.15) is 0 Å². The lowest BCUT2D eigenvalue weighted by Crippen LogP contribution is -2.02. The second-order valence-electron chi connectivity index (χ2n) is 5.16. The third kappa shape index (κ3) is 3.12. The molecule has 22 heavy (non-hydrogen) atoms.